The first-order valence-electron chi connectivity index (χ1n) is 9.68. The van der Waals surface area contributed by atoms with Crippen LogP contribution in [0.15, 0.2) is 0 Å². The lowest BCUT2D eigenvalue weighted by Gasteiger charge is -2.37. The predicted octanol–water partition coefficient (Wildman–Crippen LogP) is 4.30. The Balaban J connectivity index is 1.66. The Bertz CT molecular complexity index is 269. The molecule has 1 saturated carbocycles. The average molecular weight is 295 g/mol. The monoisotopic (exact) mass is 294 g/mol. The summed E-state index contributed by atoms with van der Waals surface area (Å²) in [6.07, 6.45) is 11.4. The molecule has 1 heterocycles. The summed E-state index contributed by atoms with van der Waals surface area (Å²) in [6.45, 7) is 12.3. The Labute approximate surface area is 133 Å². The summed E-state index contributed by atoms with van der Waals surface area (Å²) in [5, 5.41) is 3.89. The molecule has 0 aromatic rings. The molecule has 21 heavy (non-hydrogen) atoms. The number of rotatable bonds is 7. The molecule has 2 aliphatic rings. The van der Waals surface area contributed by atoms with Gasteiger partial charge >= 0.3 is 0 Å². The Morgan fingerprint density at radius 3 is 2.43 bits per heavy atom. The van der Waals surface area contributed by atoms with Crippen LogP contribution in [0.3, 0.4) is 0 Å². The zero-order chi connectivity index (χ0) is 15.1. The fourth-order valence-corrected chi connectivity index (χ4v) is 4.38. The molecule has 0 radical (unpaired) electrons. The molecule has 1 saturated heterocycles. The molecule has 2 unspecified atom stereocenters. The molecular formula is C19H38N2. The minimum atomic E-state index is 0.702. The van der Waals surface area contributed by atoms with Crippen LogP contribution in [0.2, 0.25) is 0 Å². The van der Waals surface area contributed by atoms with Gasteiger partial charge in [-0.1, -0.05) is 33.1 Å². The maximum Gasteiger partial charge on any atom is 0.00793 e. The van der Waals surface area contributed by atoms with E-state index in [1.54, 1.807) is 0 Å². The zero-order valence-corrected chi connectivity index (χ0v) is 14.7. The first-order chi connectivity index (χ1) is 10.2. The van der Waals surface area contributed by atoms with E-state index < -0.39 is 0 Å². The molecule has 0 aromatic carbocycles. The van der Waals surface area contributed by atoms with Crippen molar-refractivity contribution in [3.63, 3.8) is 0 Å². The molecule has 1 N–H and O–H groups in total. The van der Waals surface area contributed by atoms with E-state index in [1.807, 2.05) is 0 Å². The summed E-state index contributed by atoms with van der Waals surface area (Å²) < 4.78 is 0. The SMILES string of the molecule is CCCN1CCCC(C(C)NCC2CCC(CC)CC2)C1. The summed E-state index contributed by atoms with van der Waals surface area (Å²) in [5.41, 5.74) is 0. The van der Waals surface area contributed by atoms with Crippen LogP contribution in [-0.4, -0.2) is 37.1 Å². The first-order valence-corrected chi connectivity index (χ1v) is 9.68. The second-order valence-electron chi connectivity index (χ2n) is 7.69. The second kappa shape index (κ2) is 9.15. The van der Waals surface area contributed by atoms with E-state index in [1.165, 1.54) is 77.5 Å². The summed E-state index contributed by atoms with van der Waals surface area (Å²) in [5.74, 6) is 2.85. The molecular weight excluding hydrogens is 256 g/mol. The van der Waals surface area contributed by atoms with Gasteiger partial charge in [-0.15, -0.1) is 0 Å². The molecule has 2 fully saturated rings. The van der Waals surface area contributed by atoms with Crippen molar-refractivity contribution >= 4 is 0 Å². The van der Waals surface area contributed by atoms with Gasteiger partial charge in [0.15, 0.2) is 0 Å². The topological polar surface area (TPSA) is 15.3 Å². The van der Waals surface area contributed by atoms with E-state index >= 15 is 0 Å². The molecule has 0 spiro atoms. The number of hydrogen-bond acceptors (Lipinski definition) is 2. The highest BCUT2D eigenvalue weighted by Gasteiger charge is 2.25. The Hall–Kier alpha value is -0.0800. The molecule has 124 valence electrons. The summed E-state index contributed by atoms with van der Waals surface area (Å²) in [4.78, 5) is 2.68. The predicted molar refractivity (Wildman–Crippen MR) is 92.7 cm³/mol. The molecule has 2 atom stereocenters. The normalized spacial score (nSPS) is 33.0. The summed E-state index contributed by atoms with van der Waals surface area (Å²) in [7, 11) is 0. The smallest absolute Gasteiger partial charge is 0.00793 e. The van der Waals surface area contributed by atoms with Crippen LogP contribution < -0.4 is 5.32 Å². The van der Waals surface area contributed by atoms with Gasteiger partial charge in [-0.2, -0.15) is 0 Å². The highest BCUT2D eigenvalue weighted by atomic mass is 15.1. The first kappa shape index (κ1) is 17.3. The largest absolute Gasteiger partial charge is 0.314 e. The lowest BCUT2D eigenvalue weighted by molar-refractivity contribution is 0.146. The highest BCUT2D eigenvalue weighted by molar-refractivity contribution is 4.82. The maximum absolute atomic E-state index is 3.89. The van der Waals surface area contributed by atoms with Crippen molar-refractivity contribution < 1.29 is 0 Å². The third-order valence-corrected chi connectivity index (χ3v) is 6.06. The van der Waals surface area contributed by atoms with Gasteiger partial charge in [0.25, 0.3) is 0 Å². The average Bonchev–Trinajstić information content (AvgIpc) is 2.53. The Morgan fingerprint density at radius 2 is 1.76 bits per heavy atom. The molecule has 2 nitrogen and oxygen atoms in total. The van der Waals surface area contributed by atoms with Gasteiger partial charge in [-0.05, 0) is 76.4 Å². The molecule has 2 rings (SSSR count). The van der Waals surface area contributed by atoms with E-state index in [9.17, 15) is 0 Å². The Kier molecular flexibility index (Phi) is 7.53. The second-order valence-corrected chi connectivity index (χ2v) is 7.69. The van der Waals surface area contributed by atoms with E-state index in [2.05, 4.69) is 31.0 Å². The van der Waals surface area contributed by atoms with Gasteiger partial charge < -0.3 is 10.2 Å². The number of nitrogens with one attached hydrogen (secondary N) is 1. The lowest BCUT2D eigenvalue weighted by atomic mass is 9.80. The minimum absolute atomic E-state index is 0.702. The van der Waals surface area contributed by atoms with Gasteiger partial charge in [0.1, 0.15) is 0 Å². The minimum Gasteiger partial charge on any atom is -0.314 e. The standard InChI is InChI=1S/C19H38N2/c1-4-12-21-13-6-7-19(15-21)16(3)20-14-18-10-8-17(5-2)9-11-18/h16-20H,4-15H2,1-3H3. The van der Waals surface area contributed by atoms with Crippen LogP contribution >= 0.6 is 0 Å². The molecule has 0 aromatic heterocycles. The summed E-state index contributed by atoms with van der Waals surface area (Å²) in [6, 6.07) is 0.702. The zero-order valence-electron chi connectivity index (χ0n) is 14.7. The van der Waals surface area contributed by atoms with Crippen molar-refractivity contribution in [1.29, 1.82) is 0 Å². The van der Waals surface area contributed by atoms with E-state index in [4.69, 9.17) is 0 Å². The van der Waals surface area contributed by atoms with Crippen molar-refractivity contribution in [2.45, 2.75) is 78.2 Å². The van der Waals surface area contributed by atoms with Crippen molar-refractivity contribution in [1.82, 2.24) is 10.2 Å². The quantitative estimate of drug-likeness (QED) is 0.753. The number of nitrogens with zero attached hydrogens (tertiary/aromatic N) is 1. The van der Waals surface area contributed by atoms with Gasteiger partial charge in [0.05, 0.1) is 0 Å². The van der Waals surface area contributed by atoms with Crippen LogP contribution in [0.5, 0.6) is 0 Å². The van der Waals surface area contributed by atoms with Crippen molar-refractivity contribution in [2.24, 2.45) is 17.8 Å². The molecule has 0 bridgehead atoms. The van der Waals surface area contributed by atoms with E-state index in [0.717, 1.165) is 17.8 Å². The van der Waals surface area contributed by atoms with Gasteiger partial charge in [-0.3, -0.25) is 0 Å². The maximum atomic E-state index is 3.89. The van der Waals surface area contributed by atoms with Crippen molar-refractivity contribution in [3.8, 4) is 0 Å². The molecule has 0 amide bonds. The van der Waals surface area contributed by atoms with Crippen LogP contribution in [0.1, 0.15) is 72.1 Å². The fourth-order valence-electron chi connectivity index (χ4n) is 4.38. The van der Waals surface area contributed by atoms with Gasteiger partial charge in [0.2, 0.25) is 0 Å². The third-order valence-electron chi connectivity index (χ3n) is 6.06. The van der Waals surface area contributed by atoms with Crippen molar-refractivity contribution in [2.75, 3.05) is 26.2 Å². The van der Waals surface area contributed by atoms with E-state index in [0.29, 0.717) is 6.04 Å². The molecule has 1 aliphatic carbocycles. The van der Waals surface area contributed by atoms with Gasteiger partial charge in [0, 0.05) is 12.6 Å². The lowest BCUT2D eigenvalue weighted by Crippen LogP contribution is -2.45. The Morgan fingerprint density at radius 1 is 1.05 bits per heavy atom. The number of hydrogen-bond donors (Lipinski definition) is 1. The fraction of sp³-hybridized carbons (Fsp3) is 1.00. The number of piperidine rings is 1. The van der Waals surface area contributed by atoms with Gasteiger partial charge in [-0.25, -0.2) is 0 Å². The van der Waals surface area contributed by atoms with E-state index in [-0.39, 0.29) is 0 Å². The van der Waals surface area contributed by atoms with Crippen molar-refractivity contribution in [3.05, 3.63) is 0 Å². The highest BCUT2D eigenvalue weighted by Crippen LogP contribution is 2.30. The van der Waals surface area contributed by atoms with Crippen LogP contribution in [0.25, 0.3) is 0 Å². The third kappa shape index (κ3) is 5.56. The summed E-state index contributed by atoms with van der Waals surface area (Å²) >= 11 is 0. The van der Waals surface area contributed by atoms with Crippen LogP contribution in [-0.2, 0) is 0 Å². The van der Waals surface area contributed by atoms with Crippen LogP contribution in [0.4, 0.5) is 0 Å². The molecule has 2 heteroatoms. The number of likely N-dealkylation sites (tertiary alicyclic amines) is 1. The molecule has 1 aliphatic heterocycles. The van der Waals surface area contributed by atoms with Crippen LogP contribution in [0, 0.1) is 17.8 Å².